The number of halogens is 1. The number of thioether (sulfide) groups is 1. The van der Waals surface area contributed by atoms with Crippen molar-refractivity contribution in [1.82, 2.24) is 4.90 Å². The van der Waals surface area contributed by atoms with Gasteiger partial charge in [-0.05, 0) is 37.5 Å². The van der Waals surface area contributed by atoms with E-state index >= 15 is 0 Å². The smallest absolute Gasteiger partial charge is 0.335 e. The molecule has 21 heavy (non-hydrogen) atoms. The summed E-state index contributed by atoms with van der Waals surface area (Å²) in [5.74, 6) is -1.67. The van der Waals surface area contributed by atoms with Crippen molar-refractivity contribution in [1.29, 1.82) is 0 Å². The van der Waals surface area contributed by atoms with E-state index < -0.39 is 11.8 Å². The van der Waals surface area contributed by atoms with Gasteiger partial charge in [0.05, 0.1) is 11.3 Å². The van der Waals surface area contributed by atoms with Crippen molar-refractivity contribution in [2.24, 2.45) is 0 Å². The molecular weight excluding hydrogens is 293 g/mol. The van der Waals surface area contributed by atoms with Crippen molar-refractivity contribution in [3.8, 4) is 0 Å². The van der Waals surface area contributed by atoms with Crippen molar-refractivity contribution in [2.45, 2.75) is 24.2 Å². The summed E-state index contributed by atoms with van der Waals surface area (Å²) in [5.41, 5.74) is 1.01. The van der Waals surface area contributed by atoms with Gasteiger partial charge in [0.2, 0.25) is 5.91 Å². The zero-order valence-corrected chi connectivity index (χ0v) is 12.5. The molecule has 0 heterocycles. The van der Waals surface area contributed by atoms with Gasteiger partial charge in [0.15, 0.2) is 0 Å². The Morgan fingerprint density at radius 1 is 1.43 bits per heavy atom. The van der Waals surface area contributed by atoms with Gasteiger partial charge in [-0.25, -0.2) is 9.18 Å². The molecule has 6 heteroatoms. The Kier molecular flexibility index (Phi) is 5.01. The van der Waals surface area contributed by atoms with Crippen LogP contribution in [0, 0.1) is 5.82 Å². The first-order valence-corrected chi connectivity index (χ1v) is 7.59. The average Bonchev–Trinajstić information content (AvgIpc) is 2.99. The lowest BCUT2D eigenvalue weighted by molar-refractivity contribution is -0.125. The number of aromatic carboxylic acids is 1. The second-order valence-electron chi connectivity index (χ2n) is 4.78. The number of carbonyl (C=O) groups excluding carboxylic acids is 1. The van der Waals surface area contributed by atoms with Gasteiger partial charge >= 0.3 is 5.97 Å². The van der Waals surface area contributed by atoms with E-state index in [1.54, 1.807) is 11.9 Å². The summed E-state index contributed by atoms with van der Waals surface area (Å²) in [5, 5.41) is 8.89. The number of carboxylic acids is 1. The Bertz CT molecular complexity index is 601. The predicted molar refractivity (Wildman–Crippen MR) is 78.8 cm³/mol. The van der Waals surface area contributed by atoms with Crippen LogP contribution in [0.15, 0.2) is 34.9 Å². The molecule has 0 bridgehead atoms. The van der Waals surface area contributed by atoms with Crippen LogP contribution in [0.5, 0.6) is 0 Å². The maximum Gasteiger partial charge on any atom is 0.335 e. The minimum absolute atomic E-state index is 0.0122. The molecule has 0 aliphatic heterocycles. The molecule has 1 aromatic rings. The van der Waals surface area contributed by atoms with Gasteiger partial charge in [-0.3, -0.25) is 4.79 Å². The van der Waals surface area contributed by atoms with Gasteiger partial charge in [-0.1, -0.05) is 6.08 Å². The SMILES string of the molecule is CN(C(=O)CSc1cc(C(=O)O)ccc1F)C1=CCCC1. The third-order valence-corrected chi connectivity index (χ3v) is 4.37. The number of carbonyl (C=O) groups is 2. The maximum atomic E-state index is 13.6. The number of amides is 1. The Labute approximate surface area is 126 Å². The number of rotatable bonds is 5. The second-order valence-corrected chi connectivity index (χ2v) is 5.80. The molecule has 0 unspecified atom stereocenters. The summed E-state index contributed by atoms with van der Waals surface area (Å²) in [7, 11) is 1.71. The molecular formula is C15H16FNO3S. The first-order valence-electron chi connectivity index (χ1n) is 6.60. The van der Waals surface area contributed by atoms with Gasteiger partial charge in [-0.15, -0.1) is 11.8 Å². The molecule has 0 fully saturated rings. The van der Waals surface area contributed by atoms with E-state index in [1.165, 1.54) is 12.1 Å². The monoisotopic (exact) mass is 309 g/mol. The topological polar surface area (TPSA) is 57.6 Å². The van der Waals surface area contributed by atoms with E-state index in [0.717, 1.165) is 42.8 Å². The van der Waals surface area contributed by atoms with Crippen molar-refractivity contribution in [3.63, 3.8) is 0 Å². The van der Waals surface area contributed by atoms with Crippen LogP contribution >= 0.6 is 11.8 Å². The molecule has 2 rings (SSSR count). The second kappa shape index (κ2) is 6.76. The first kappa shape index (κ1) is 15.6. The van der Waals surface area contributed by atoms with Gasteiger partial charge in [0.1, 0.15) is 5.82 Å². The zero-order chi connectivity index (χ0) is 15.4. The summed E-state index contributed by atoms with van der Waals surface area (Å²) < 4.78 is 13.6. The lowest BCUT2D eigenvalue weighted by atomic mass is 10.2. The number of carboxylic acid groups (broad SMARTS) is 1. The fraction of sp³-hybridized carbons (Fsp3) is 0.333. The predicted octanol–water partition coefficient (Wildman–Crippen LogP) is 3.14. The summed E-state index contributed by atoms with van der Waals surface area (Å²) >= 11 is 1.02. The standard InChI is InChI=1S/C15H16FNO3S/c1-17(11-4-2-3-5-11)14(18)9-21-13-8-10(15(19)20)6-7-12(13)16/h4,6-8H,2-3,5,9H2,1H3,(H,19,20). The normalized spacial score (nSPS) is 13.9. The molecule has 1 aliphatic carbocycles. The minimum Gasteiger partial charge on any atom is -0.478 e. The van der Waals surface area contributed by atoms with Crippen molar-refractivity contribution in [3.05, 3.63) is 41.4 Å². The fourth-order valence-electron chi connectivity index (χ4n) is 2.10. The Morgan fingerprint density at radius 3 is 2.81 bits per heavy atom. The molecule has 1 N–H and O–H groups in total. The van der Waals surface area contributed by atoms with E-state index in [2.05, 4.69) is 0 Å². The highest BCUT2D eigenvalue weighted by Gasteiger charge is 2.17. The van der Waals surface area contributed by atoms with Crippen LogP contribution in [0.2, 0.25) is 0 Å². The highest BCUT2D eigenvalue weighted by molar-refractivity contribution is 8.00. The molecule has 1 aliphatic rings. The number of hydrogen-bond acceptors (Lipinski definition) is 3. The number of benzene rings is 1. The Morgan fingerprint density at radius 2 is 2.19 bits per heavy atom. The molecule has 0 spiro atoms. The largest absolute Gasteiger partial charge is 0.478 e. The van der Waals surface area contributed by atoms with Gasteiger partial charge in [0.25, 0.3) is 0 Å². The highest BCUT2D eigenvalue weighted by Crippen LogP contribution is 2.25. The lowest BCUT2D eigenvalue weighted by Gasteiger charge is -2.18. The maximum absolute atomic E-state index is 13.6. The molecule has 0 atom stereocenters. The first-order chi connectivity index (χ1) is 9.99. The fourth-order valence-corrected chi connectivity index (χ4v) is 2.99. The molecule has 0 saturated heterocycles. The Balaban J connectivity index is 2.00. The van der Waals surface area contributed by atoms with Gasteiger partial charge in [0, 0.05) is 17.6 Å². The van der Waals surface area contributed by atoms with Crippen LogP contribution in [0.3, 0.4) is 0 Å². The molecule has 112 valence electrons. The highest BCUT2D eigenvalue weighted by atomic mass is 32.2. The average molecular weight is 309 g/mol. The number of nitrogens with zero attached hydrogens (tertiary/aromatic N) is 1. The molecule has 0 saturated carbocycles. The third-order valence-electron chi connectivity index (χ3n) is 3.35. The van der Waals surface area contributed by atoms with Crippen molar-refractivity contribution >= 4 is 23.6 Å². The number of allylic oxidation sites excluding steroid dienone is 2. The van der Waals surface area contributed by atoms with Crippen molar-refractivity contribution in [2.75, 3.05) is 12.8 Å². The molecule has 4 nitrogen and oxygen atoms in total. The van der Waals surface area contributed by atoms with E-state index in [4.69, 9.17) is 5.11 Å². The van der Waals surface area contributed by atoms with E-state index in [-0.39, 0.29) is 22.1 Å². The van der Waals surface area contributed by atoms with Crippen LogP contribution in [0.1, 0.15) is 29.6 Å². The van der Waals surface area contributed by atoms with Crippen molar-refractivity contribution < 1.29 is 19.1 Å². The quantitative estimate of drug-likeness (QED) is 0.849. The molecule has 1 amide bonds. The third kappa shape index (κ3) is 3.85. The van der Waals surface area contributed by atoms with E-state index in [0.29, 0.717) is 0 Å². The summed E-state index contributed by atoms with van der Waals surface area (Å²) in [4.78, 5) is 24.7. The Hall–Kier alpha value is -1.82. The summed E-state index contributed by atoms with van der Waals surface area (Å²) in [6.45, 7) is 0. The van der Waals surface area contributed by atoms with Crippen LogP contribution in [0.25, 0.3) is 0 Å². The molecule has 0 radical (unpaired) electrons. The number of hydrogen-bond donors (Lipinski definition) is 1. The van der Waals surface area contributed by atoms with Crippen LogP contribution < -0.4 is 0 Å². The van der Waals surface area contributed by atoms with E-state index in [1.807, 2.05) is 6.08 Å². The van der Waals surface area contributed by atoms with E-state index in [9.17, 15) is 14.0 Å². The van der Waals surface area contributed by atoms with Crippen LogP contribution in [0.4, 0.5) is 4.39 Å². The van der Waals surface area contributed by atoms with Crippen LogP contribution in [-0.2, 0) is 4.79 Å². The molecule has 1 aromatic carbocycles. The van der Waals surface area contributed by atoms with Gasteiger partial charge in [-0.2, -0.15) is 0 Å². The zero-order valence-electron chi connectivity index (χ0n) is 11.6. The lowest BCUT2D eigenvalue weighted by Crippen LogP contribution is -2.27. The van der Waals surface area contributed by atoms with Crippen LogP contribution in [-0.4, -0.2) is 34.7 Å². The summed E-state index contributed by atoms with van der Waals surface area (Å²) in [6, 6.07) is 3.57. The molecule has 0 aromatic heterocycles. The summed E-state index contributed by atoms with van der Waals surface area (Å²) in [6.07, 6.45) is 4.95. The van der Waals surface area contributed by atoms with Gasteiger partial charge < -0.3 is 10.0 Å². The minimum atomic E-state index is -1.11.